The molecule has 17 nitrogen and oxygen atoms in total. The summed E-state index contributed by atoms with van der Waals surface area (Å²) in [5.74, 6) is -4.52. The molecule has 0 aliphatic rings. The molecule has 17 heteroatoms. The fourth-order valence-electron chi connectivity index (χ4n) is 4.97. The number of carboxylic acid groups (broad SMARTS) is 1. The van der Waals surface area contributed by atoms with Crippen LogP contribution in [0.2, 0.25) is 0 Å². The predicted molar refractivity (Wildman–Crippen MR) is 192 cm³/mol. The molecule has 0 unspecified atom stereocenters. The van der Waals surface area contributed by atoms with Crippen LogP contribution in [0, 0.1) is 11.8 Å². The Morgan fingerprint density at radius 2 is 1.18 bits per heavy atom. The molecule has 1 rings (SSSR count). The first kappa shape index (κ1) is 43.1. The Hall–Kier alpha value is -4.93. The number of guanidine groups is 2. The lowest BCUT2D eigenvalue weighted by Crippen LogP contribution is -2.59. The molecular formula is C33H57N11O6. The van der Waals surface area contributed by atoms with Crippen LogP contribution in [0.5, 0.6) is 0 Å². The summed E-state index contributed by atoms with van der Waals surface area (Å²) in [5, 5.41) is 20.4. The number of amides is 4. The Morgan fingerprint density at radius 1 is 0.720 bits per heavy atom. The molecule has 1 aromatic carbocycles. The lowest BCUT2D eigenvalue weighted by atomic mass is 9.98. The highest BCUT2D eigenvalue weighted by Gasteiger charge is 2.33. The van der Waals surface area contributed by atoms with E-state index in [1.165, 1.54) is 0 Å². The fraction of sp³-hybridized carbons (Fsp3) is 0.606. The van der Waals surface area contributed by atoms with Crippen LogP contribution in [-0.4, -0.2) is 89.9 Å². The molecule has 0 spiro atoms. The third-order valence-electron chi connectivity index (χ3n) is 7.91. The van der Waals surface area contributed by atoms with E-state index in [9.17, 15) is 29.1 Å². The number of nitrogens with one attached hydrogen (secondary N) is 4. The number of carbonyl (C=O) groups is 5. The molecule has 0 fully saturated rings. The van der Waals surface area contributed by atoms with Gasteiger partial charge in [-0.25, -0.2) is 4.79 Å². The molecule has 0 saturated carbocycles. The predicted octanol–water partition coefficient (Wildman–Crippen LogP) is -1.22. The Bertz CT molecular complexity index is 1300. The fourth-order valence-corrected chi connectivity index (χ4v) is 4.97. The Labute approximate surface area is 294 Å². The SMILES string of the molecule is CC[C@H](C)[C@H](NC(=O)[C@H](CCCN=C(N)N)NC(=O)[C@H](CCCN=C(N)N)NC(=O)[C@H](CC(C)C)NC(=O)[C@@H](N)Cc1ccccc1)C(=O)O. The van der Waals surface area contributed by atoms with Crippen molar-refractivity contribution in [2.24, 2.45) is 50.5 Å². The van der Waals surface area contributed by atoms with E-state index >= 15 is 0 Å². The third-order valence-corrected chi connectivity index (χ3v) is 7.91. The molecule has 0 saturated heterocycles. The van der Waals surface area contributed by atoms with Crippen molar-refractivity contribution in [3.8, 4) is 0 Å². The van der Waals surface area contributed by atoms with Crippen molar-refractivity contribution >= 4 is 41.5 Å². The molecular weight excluding hydrogens is 646 g/mol. The van der Waals surface area contributed by atoms with E-state index in [2.05, 4.69) is 31.3 Å². The van der Waals surface area contributed by atoms with E-state index in [0.717, 1.165) is 5.56 Å². The number of carboxylic acids is 1. The zero-order valence-corrected chi connectivity index (χ0v) is 29.6. The van der Waals surface area contributed by atoms with E-state index < -0.39 is 65.7 Å². The molecule has 50 heavy (non-hydrogen) atoms. The number of rotatable bonds is 23. The molecule has 0 aliphatic heterocycles. The second-order valence-electron chi connectivity index (χ2n) is 12.7. The van der Waals surface area contributed by atoms with Crippen LogP contribution in [0.25, 0.3) is 0 Å². The average Bonchev–Trinajstić information content (AvgIpc) is 3.05. The highest BCUT2D eigenvalue weighted by Crippen LogP contribution is 2.12. The summed E-state index contributed by atoms with van der Waals surface area (Å²) < 4.78 is 0. The van der Waals surface area contributed by atoms with Gasteiger partial charge in [-0.2, -0.15) is 0 Å². The number of carbonyl (C=O) groups excluding carboxylic acids is 4. The molecule has 6 atom stereocenters. The molecule has 0 heterocycles. The Kier molecular flexibility index (Phi) is 19.5. The summed E-state index contributed by atoms with van der Waals surface area (Å²) in [6.07, 6.45) is 1.65. The maximum Gasteiger partial charge on any atom is 0.326 e. The number of nitrogens with two attached hydrogens (primary N) is 5. The summed E-state index contributed by atoms with van der Waals surface area (Å²) in [4.78, 5) is 73.7. The summed E-state index contributed by atoms with van der Waals surface area (Å²) >= 11 is 0. The number of hydrogen-bond donors (Lipinski definition) is 10. The van der Waals surface area contributed by atoms with Gasteiger partial charge in [0.2, 0.25) is 23.6 Å². The Morgan fingerprint density at radius 3 is 1.62 bits per heavy atom. The summed E-state index contributed by atoms with van der Waals surface area (Å²) in [5.41, 5.74) is 28.7. The van der Waals surface area contributed by atoms with E-state index in [1.807, 2.05) is 44.2 Å². The van der Waals surface area contributed by atoms with Crippen LogP contribution in [0.1, 0.15) is 71.8 Å². The first-order valence-electron chi connectivity index (χ1n) is 16.9. The summed E-state index contributed by atoms with van der Waals surface area (Å²) in [7, 11) is 0. The van der Waals surface area contributed by atoms with Gasteiger partial charge in [-0.15, -0.1) is 0 Å². The second kappa shape index (κ2) is 22.7. The molecule has 0 radical (unpaired) electrons. The van der Waals surface area contributed by atoms with Gasteiger partial charge in [0.25, 0.3) is 0 Å². The highest BCUT2D eigenvalue weighted by atomic mass is 16.4. The van der Waals surface area contributed by atoms with Crippen molar-refractivity contribution in [2.45, 2.75) is 103 Å². The Balaban J connectivity index is 3.27. The largest absolute Gasteiger partial charge is 0.480 e. The van der Waals surface area contributed by atoms with E-state index in [0.29, 0.717) is 6.42 Å². The topological polar surface area (TPSA) is 309 Å². The quantitative estimate of drug-likeness (QED) is 0.0366. The number of aliphatic imine (C=N–C) groups is 2. The molecule has 0 aliphatic carbocycles. The van der Waals surface area contributed by atoms with Gasteiger partial charge in [0.15, 0.2) is 11.9 Å². The summed E-state index contributed by atoms with van der Waals surface area (Å²) in [6.45, 7) is 7.55. The monoisotopic (exact) mass is 703 g/mol. The first-order valence-corrected chi connectivity index (χ1v) is 16.9. The smallest absolute Gasteiger partial charge is 0.326 e. The van der Waals surface area contributed by atoms with Crippen LogP contribution in [0.3, 0.4) is 0 Å². The number of nitrogens with zero attached hydrogens (tertiary/aromatic N) is 2. The number of aliphatic carboxylic acids is 1. The third kappa shape index (κ3) is 16.9. The van der Waals surface area contributed by atoms with Crippen LogP contribution in [-0.2, 0) is 30.4 Å². The normalized spacial score (nSPS) is 14.5. The minimum Gasteiger partial charge on any atom is -0.480 e. The van der Waals surface area contributed by atoms with Crippen molar-refractivity contribution in [1.82, 2.24) is 21.3 Å². The van der Waals surface area contributed by atoms with Crippen LogP contribution >= 0.6 is 0 Å². The van der Waals surface area contributed by atoms with Gasteiger partial charge in [0, 0.05) is 13.1 Å². The summed E-state index contributed by atoms with van der Waals surface area (Å²) in [6, 6.07) is 3.68. The minimum absolute atomic E-state index is 0.0171. The zero-order valence-electron chi connectivity index (χ0n) is 29.6. The number of hydrogen-bond acceptors (Lipinski definition) is 8. The molecule has 0 bridgehead atoms. The van der Waals surface area contributed by atoms with Gasteiger partial charge >= 0.3 is 5.97 Å². The van der Waals surface area contributed by atoms with Gasteiger partial charge in [-0.05, 0) is 55.9 Å². The van der Waals surface area contributed by atoms with Crippen LogP contribution in [0.15, 0.2) is 40.3 Å². The molecule has 1 aromatic rings. The van der Waals surface area contributed by atoms with Crippen molar-refractivity contribution in [3.05, 3.63) is 35.9 Å². The van der Waals surface area contributed by atoms with E-state index in [4.69, 9.17) is 28.7 Å². The van der Waals surface area contributed by atoms with Crippen molar-refractivity contribution < 1.29 is 29.1 Å². The van der Waals surface area contributed by atoms with E-state index in [1.54, 1.807) is 13.8 Å². The molecule has 0 aromatic heterocycles. The standard InChI is InChI=1S/C33H57N11O6/c1-5-20(4)26(31(49)50)44-29(47)24(14-10-16-40-33(37)38)41-28(46)23(13-9-15-39-32(35)36)42-30(48)25(17-19(2)3)43-27(45)22(34)18-21-11-7-6-8-12-21/h6-8,11-12,19-20,22-26H,5,9-10,13-18,34H2,1-4H3,(H,41,46)(H,42,48)(H,43,45)(H,44,47)(H,49,50)(H4,35,36,39)(H4,37,38,40)/t20-,22-,23-,24-,25-,26-/m0/s1. The zero-order chi connectivity index (χ0) is 37.8. The van der Waals surface area contributed by atoms with Gasteiger partial charge in [-0.1, -0.05) is 64.4 Å². The van der Waals surface area contributed by atoms with Crippen molar-refractivity contribution in [3.63, 3.8) is 0 Å². The maximum absolute atomic E-state index is 13.8. The lowest BCUT2D eigenvalue weighted by Gasteiger charge is -2.27. The van der Waals surface area contributed by atoms with E-state index in [-0.39, 0.29) is 69.5 Å². The van der Waals surface area contributed by atoms with Gasteiger partial charge < -0.3 is 55.0 Å². The van der Waals surface area contributed by atoms with Gasteiger partial charge in [-0.3, -0.25) is 29.2 Å². The van der Waals surface area contributed by atoms with Gasteiger partial charge in [0.05, 0.1) is 6.04 Å². The highest BCUT2D eigenvalue weighted by molar-refractivity contribution is 5.95. The molecule has 4 amide bonds. The first-order chi connectivity index (χ1) is 23.5. The van der Waals surface area contributed by atoms with Crippen molar-refractivity contribution in [1.29, 1.82) is 0 Å². The lowest BCUT2D eigenvalue weighted by molar-refractivity contribution is -0.144. The van der Waals surface area contributed by atoms with Crippen LogP contribution < -0.4 is 49.9 Å². The minimum atomic E-state index is -1.22. The van der Waals surface area contributed by atoms with Crippen LogP contribution in [0.4, 0.5) is 0 Å². The maximum atomic E-state index is 13.8. The second-order valence-corrected chi connectivity index (χ2v) is 12.7. The van der Waals surface area contributed by atoms with Gasteiger partial charge in [0.1, 0.15) is 24.2 Å². The average molecular weight is 704 g/mol. The number of benzene rings is 1. The molecule has 15 N–H and O–H groups in total. The molecule has 280 valence electrons. The van der Waals surface area contributed by atoms with Crippen molar-refractivity contribution in [2.75, 3.05) is 13.1 Å².